The van der Waals surface area contributed by atoms with Crippen LogP contribution in [-0.4, -0.2) is 16.1 Å². The molecule has 0 aliphatic rings. The summed E-state index contributed by atoms with van der Waals surface area (Å²) in [5.74, 6) is -7.69. The average Bonchev–Trinajstić information content (AvgIpc) is 2.40. The first-order valence-corrected chi connectivity index (χ1v) is 5.37. The second-order valence-electron chi connectivity index (χ2n) is 3.89. The lowest BCUT2D eigenvalue weighted by Gasteiger charge is -2.08. The van der Waals surface area contributed by atoms with E-state index < -0.39 is 34.7 Å². The van der Waals surface area contributed by atoms with E-state index in [1.54, 1.807) is 0 Å². The third kappa shape index (κ3) is 2.51. The van der Waals surface area contributed by atoms with Crippen molar-refractivity contribution >= 4 is 11.6 Å². The molecule has 0 fully saturated rings. The fourth-order valence-corrected chi connectivity index (χ4v) is 1.54. The van der Waals surface area contributed by atoms with E-state index in [1.165, 1.54) is 24.3 Å². The van der Waals surface area contributed by atoms with Crippen LogP contribution in [0.1, 0.15) is 10.4 Å². The van der Waals surface area contributed by atoms with Gasteiger partial charge in [0, 0.05) is 11.8 Å². The molecule has 20 heavy (non-hydrogen) atoms. The van der Waals surface area contributed by atoms with Crippen molar-refractivity contribution in [3.05, 3.63) is 53.3 Å². The van der Waals surface area contributed by atoms with Gasteiger partial charge in [0.2, 0.25) is 5.82 Å². The van der Waals surface area contributed by atoms with Crippen LogP contribution < -0.4 is 5.32 Å². The van der Waals surface area contributed by atoms with Crippen molar-refractivity contribution in [1.82, 2.24) is 0 Å². The number of aromatic hydroxyl groups is 2. The van der Waals surface area contributed by atoms with Crippen LogP contribution in [0.4, 0.5) is 18.9 Å². The van der Waals surface area contributed by atoms with Gasteiger partial charge in [-0.2, -0.15) is 4.39 Å². The van der Waals surface area contributed by atoms with Gasteiger partial charge in [0.1, 0.15) is 5.75 Å². The summed E-state index contributed by atoms with van der Waals surface area (Å²) >= 11 is 0. The van der Waals surface area contributed by atoms with Crippen LogP contribution in [0.3, 0.4) is 0 Å². The summed E-state index contributed by atoms with van der Waals surface area (Å²) in [6.45, 7) is 0. The monoisotopic (exact) mass is 283 g/mol. The van der Waals surface area contributed by atoms with Crippen molar-refractivity contribution in [1.29, 1.82) is 0 Å². The Hall–Kier alpha value is -2.70. The molecule has 0 radical (unpaired) electrons. The summed E-state index contributed by atoms with van der Waals surface area (Å²) in [5, 5.41) is 20.4. The molecule has 0 unspecified atom stereocenters. The molecule has 0 spiro atoms. The number of carbonyl (C=O) groups excluding carboxylic acids is 1. The van der Waals surface area contributed by atoms with Gasteiger partial charge >= 0.3 is 0 Å². The number of hydrogen-bond acceptors (Lipinski definition) is 3. The van der Waals surface area contributed by atoms with E-state index in [2.05, 4.69) is 5.32 Å². The normalized spacial score (nSPS) is 10.3. The number of hydrogen-bond donors (Lipinski definition) is 3. The minimum absolute atomic E-state index is 0.124. The van der Waals surface area contributed by atoms with Gasteiger partial charge in [-0.05, 0) is 18.2 Å². The lowest BCUT2D eigenvalue weighted by atomic mass is 10.1. The molecule has 0 bridgehead atoms. The van der Waals surface area contributed by atoms with Gasteiger partial charge in [-0.25, -0.2) is 8.78 Å². The summed E-state index contributed by atoms with van der Waals surface area (Å²) in [7, 11) is 0. The van der Waals surface area contributed by atoms with Crippen molar-refractivity contribution in [2.75, 3.05) is 5.32 Å². The van der Waals surface area contributed by atoms with Crippen LogP contribution in [0.5, 0.6) is 11.5 Å². The second kappa shape index (κ2) is 5.12. The van der Waals surface area contributed by atoms with Crippen molar-refractivity contribution in [3.8, 4) is 11.5 Å². The van der Waals surface area contributed by atoms with Gasteiger partial charge in [0.05, 0.1) is 5.56 Å². The molecule has 7 heteroatoms. The van der Waals surface area contributed by atoms with Gasteiger partial charge in [-0.15, -0.1) is 0 Å². The first kappa shape index (κ1) is 13.7. The number of anilines is 1. The number of phenols is 2. The molecule has 0 heterocycles. The number of nitrogens with one attached hydrogen (secondary N) is 1. The molecule has 0 aromatic heterocycles. The van der Waals surface area contributed by atoms with E-state index in [0.29, 0.717) is 6.07 Å². The topological polar surface area (TPSA) is 69.6 Å². The van der Waals surface area contributed by atoms with Crippen molar-refractivity contribution in [2.24, 2.45) is 0 Å². The SMILES string of the molecule is O=C(Nc1cccc(O)c1)c1cc(F)c(F)c(O)c1F. The largest absolute Gasteiger partial charge is 0.508 e. The molecule has 2 aromatic rings. The lowest BCUT2D eigenvalue weighted by molar-refractivity contribution is 0.102. The zero-order valence-electron chi connectivity index (χ0n) is 9.82. The van der Waals surface area contributed by atoms with Gasteiger partial charge < -0.3 is 15.5 Å². The highest BCUT2D eigenvalue weighted by molar-refractivity contribution is 6.04. The molecule has 2 rings (SSSR count). The third-order valence-corrected chi connectivity index (χ3v) is 2.48. The van der Waals surface area contributed by atoms with Crippen LogP contribution in [0, 0.1) is 17.5 Å². The van der Waals surface area contributed by atoms with Crippen LogP contribution in [0.25, 0.3) is 0 Å². The van der Waals surface area contributed by atoms with Crippen molar-refractivity contribution in [3.63, 3.8) is 0 Å². The zero-order chi connectivity index (χ0) is 14.9. The highest BCUT2D eigenvalue weighted by Crippen LogP contribution is 2.26. The molecule has 2 aromatic carbocycles. The Balaban J connectivity index is 2.35. The smallest absolute Gasteiger partial charge is 0.258 e. The molecule has 0 atom stereocenters. The van der Waals surface area contributed by atoms with Gasteiger partial charge in [0.25, 0.3) is 5.91 Å². The Morgan fingerprint density at radius 1 is 1.05 bits per heavy atom. The third-order valence-electron chi connectivity index (χ3n) is 2.48. The van der Waals surface area contributed by atoms with E-state index in [0.717, 1.165) is 0 Å². The molecule has 0 aliphatic heterocycles. The van der Waals surface area contributed by atoms with E-state index in [4.69, 9.17) is 5.11 Å². The first-order chi connectivity index (χ1) is 9.40. The number of carbonyl (C=O) groups is 1. The van der Waals surface area contributed by atoms with Gasteiger partial charge in [-0.3, -0.25) is 4.79 Å². The van der Waals surface area contributed by atoms with Crippen LogP contribution in [0.15, 0.2) is 30.3 Å². The molecule has 0 saturated heterocycles. The van der Waals surface area contributed by atoms with E-state index in [1.807, 2.05) is 0 Å². The maximum Gasteiger partial charge on any atom is 0.258 e. The Bertz CT molecular complexity index is 689. The summed E-state index contributed by atoms with van der Waals surface area (Å²) < 4.78 is 39.5. The number of halogens is 3. The average molecular weight is 283 g/mol. The molecular weight excluding hydrogens is 275 g/mol. The predicted octanol–water partition coefficient (Wildman–Crippen LogP) is 2.77. The molecule has 0 saturated carbocycles. The quantitative estimate of drug-likeness (QED) is 0.742. The number of rotatable bonds is 2. The van der Waals surface area contributed by atoms with E-state index >= 15 is 0 Å². The number of amides is 1. The Kier molecular flexibility index (Phi) is 3.51. The summed E-state index contributed by atoms with van der Waals surface area (Å²) in [6, 6.07) is 5.68. The van der Waals surface area contributed by atoms with Crippen LogP contribution >= 0.6 is 0 Å². The molecular formula is C13H8F3NO3. The second-order valence-corrected chi connectivity index (χ2v) is 3.89. The Labute approximate surface area is 111 Å². The predicted molar refractivity (Wildman–Crippen MR) is 64.0 cm³/mol. The molecule has 104 valence electrons. The molecule has 4 nitrogen and oxygen atoms in total. The maximum atomic E-state index is 13.5. The number of phenolic OH excluding ortho intramolecular Hbond substituents is 2. The molecule has 0 aliphatic carbocycles. The first-order valence-electron chi connectivity index (χ1n) is 5.37. The summed E-state index contributed by atoms with van der Waals surface area (Å²) in [6.07, 6.45) is 0. The Morgan fingerprint density at radius 3 is 2.40 bits per heavy atom. The standard InChI is InChI=1S/C13H8F3NO3/c14-9-5-8(10(15)12(19)11(9)16)13(20)17-6-2-1-3-7(18)4-6/h1-5,18-19H,(H,17,20). The van der Waals surface area contributed by atoms with Crippen LogP contribution in [0.2, 0.25) is 0 Å². The molecule has 3 N–H and O–H groups in total. The Morgan fingerprint density at radius 2 is 1.75 bits per heavy atom. The minimum atomic E-state index is -1.77. The fraction of sp³-hybridized carbons (Fsp3) is 0. The highest BCUT2D eigenvalue weighted by atomic mass is 19.2. The fourth-order valence-electron chi connectivity index (χ4n) is 1.54. The summed E-state index contributed by atoms with van der Waals surface area (Å²) in [5.41, 5.74) is -0.733. The van der Waals surface area contributed by atoms with Gasteiger partial charge in [0.15, 0.2) is 17.4 Å². The minimum Gasteiger partial charge on any atom is -0.508 e. The van der Waals surface area contributed by atoms with E-state index in [9.17, 15) is 23.1 Å². The maximum absolute atomic E-state index is 13.5. The summed E-state index contributed by atoms with van der Waals surface area (Å²) in [4.78, 5) is 11.7. The van der Waals surface area contributed by atoms with Crippen LogP contribution in [-0.2, 0) is 0 Å². The van der Waals surface area contributed by atoms with Crippen molar-refractivity contribution in [2.45, 2.75) is 0 Å². The lowest BCUT2D eigenvalue weighted by Crippen LogP contribution is -2.14. The molecule has 1 amide bonds. The highest BCUT2D eigenvalue weighted by Gasteiger charge is 2.22. The van der Waals surface area contributed by atoms with E-state index in [-0.39, 0.29) is 11.4 Å². The number of benzene rings is 2. The zero-order valence-corrected chi connectivity index (χ0v) is 9.82. The van der Waals surface area contributed by atoms with Gasteiger partial charge in [-0.1, -0.05) is 6.07 Å². The van der Waals surface area contributed by atoms with Crippen molar-refractivity contribution < 1.29 is 28.2 Å².